The topological polar surface area (TPSA) is 0 Å². The van der Waals surface area contributed by atoms with Crippen LogP contribution in [0.25, 0.3) is 0 Å². The highest BCUT2D eigenvalue weighted by molar-refractivity contribution is 7.99. The zero-order valence-electron chi connectivity index (χ0n) is 9.22. The van der Waals surface area contributed by atoms with E-state index in [9.17, 15) is 0 Å². The summed E-state index contributed by atoms with van der Waals surface area (Å²) in [6, 6.07) is 5.87. The lowest BCUT2D eigenvalue weighted by atomic mass is 9.91. The molecule has 0 heterocycles. The summed E-state index contributed by atoms with van der Waals surface area (Å²) in [5.41, 5.74) is 0. The zero-order chi connectivity index (χ0) is 11.4. The van der Waals surface area contributed by atoms with Crippen LogP contribution in [0.1, 0.15) is 32.1 Å². The molecule has 0 radical (unpaired) electrons. The minimum Gasteiger partial charge on any atom is -0.124 e. The van der Waals surface area contributed by atoms with Crippen molar-refractivity contribution in [2.24, 2.45) is 5.92 Å². The third-order valence-corrected chi connectivity index (χ3v) is 5.34. The van der Waals surface area contributed by atoms with Gasteiger partial charge < -0.3 is 0 Å². The molecule has 0 aliphatic heterocycles. The van der Waals surface area contributed by atoms with Gasteiger partial charge in [0.15, 0.2) is 0 Å². The van der Waals surface area contributed by atoms with Gasteiger partial charge in [-0.25, -0.2) is 0 Å². The molecule has 1 fully saturated rings. The van der Waals surface area contributed by atoms with Crippen LogP contribution in [0.2, 0.25) is 10.0 Å². The van der Waals surface area contributed by atoms with E-state index in [0.717, 1.165) is 10.8 Å². The van der Waals surface area contributed by atoms with E-state index in [-0.39, 0.29) is 0 Å². The highest BCUT2D eigenvalue weighted by Gasteiger charge is 2.14. The van der Waals surface area contributed by atoms with Crippen LogP contribution in [-0.2, 0) is 0 Å². The van der Waals surface area contributed by atoms with Gasteiger partial charge in [-0.1, -0.05) is 48.5 Å². The van der Waals surface area contributed by atoms with Crippen LogP contribution in [0.3, 0.4) is 0 Å². The fraction of sp³-hybridized carbons (Fsp3) is 0.538. The minimum atomic E-state index is 0.662. The summed E-state index contributed by atoms with van der Waals surface area (Å²) in [5, 5.41) is 1.38. The first-order valence-electron chi connectivity index (χ1n) is 5.84. The number of thioether (sulfide) groups is 1. The summed E-state index contributed by atoms with van der Waals surface area (Å²) in [5.74, 6) is 2.05. The van der Waals surface area contributed by atoms with Crippen LogP contribution in [0, 0.1) is 5.92 Å². The Bertz CT molecular complexity index is 346. The third kappa shape index (κ3) is 3.32. The highest BCUT2D eigenvalue weighted by atomic mass is 35.5. The van der Waals surface area contributed by atoms with Crippen LogP contribution in [-0.4, -0.2) is 5.75 Å². The SMILES string of the molecule is Clc1cccc(SCC2CCCCC2)c1Cl. The maximum absolute atomic E-state index is 6.16. The first-order chi connectivity index (χ1) is 7.77. The van der Waals surface area contributed by atoms with E-state index >= 15 is 0 Å². The molecule has 0 nitrogen and oxygen atoms in total. The van der Waals surface area contributed by atoms with Gasteiger partial charge in [0.25, 0.3) is 0 Å². The maximum Gasteiger partial charge on any atom is 0.0728 e. The van der Waals surface area contributed by atoms with Crippen molar-refractivity contribution in [1.29, 1.82) is 0 Å². The Kier molecular flexibility index (Phi) is 4.87. The van der Waals surface area contributed by atoms with Crippen molar-refractivity contribution < 1.29 is 0 Å². The smallest absolute Gasteiger partial charge is 0.0728 e. The first kappa shape index (κ1) is 12.6. The van der Waals surface area contributed by atoms with Crippen molar-refractivity contribution in [3.05, 3.63) is 28.2 Å². The Morgan fingerprint density at radius 3 is 2.62 bits per heavy atom. The number of hydrogen-bond donors (Lipinski definition) is 0. The Morgan fingerprint density at radius 2 is 1.88 bits per heavy atom. The molecule has 1 aliphatic carbocycles. The summed E-state index contributed by atoms with van der Waals surface area (Å²) in [6.45, 7) is 0. The average Bonchev–Trinajstić information content (AvgIpc) is 2.32. The number of halogens is 2. The van der Waals surface area contributed by atoms with Gasteiger partial charge in [-0.05, 0) is 30.9 Å². The summed E-state index contributed by atoms with van der Waals surface area (Å²) >= 11 is 14.0. The Balaban J connectivity index is 1.91. The van der Waals surface area contributed by atoms with Crippen molar-refractivity contribution in [3.8, 4) is 0 Å². The summed E-state index contributed by atoms with van der Waals surface area (Å²) < 4.78 is 0. The highest BCUT2D eigenvalue weighted by Crippen LogP contribution is 2.36. The van der Waals surface area contributed by atoms with Gasteiger partial charge in [-0.3, -0.25) is 0 Å². The van der Waals surface area contributed by atoms with Crippen LogP contribution in [0.15, 0.2) is 23.1 Å². The van der Waals surface area contributed by atoms with E-state index in [0.29, 0.717) is 10.0 Å². The lowest BCUT2D eigenvalue weighted by Gasteiger charge is -2.21. The van der Waals surface area contributed by atoms with Crippen LogP contribution in [0.4, 0.5) is 0 Å². The molecule has 0 unspecified atom stereocenters. The van der Waals surface area contributed by atoms with E-state index < -0.39 is 0 Å². The second kappa shape index (κ2) is 6.18. The molecular weight excluding hydrogens is 259 g/mol. The van der Waals surface area contributed by atoms with E-state index in [1.54, 1.807) is 0 Å². The molecule has 2 rings (SSSR count). The average molecular weight is 275 g/mol. The van der Waals surface area contributed by atoms with Crippen molar-refractivity contribution in [3.63, 3.8) is 0 Å². The second-order valence-electron chi connectivity index (χ2n) is 4.37. The zero-order valence-corrected chi connectivity index (χ0v) is 11.5. The molecule has 0 atom stereocenters. The maximum atomic E-state index is 6.16. The summed E-state index contributed by atoms with van der Waals surface area (Å²) in [6.07, 6.45) is 6.97. The predicted octanol–water partition coefficient (Wildman–Crippen LogP) is 5.67. The molecule has 3 heteroatoms. The van der Waals surface area contributed by atoms with Crippen molar-refractivity contribution >= 4 is 35.0 Å². The second-order valence-corrected chi connectivity index (χ2v) is 6.21. The monoisotopic (exact) mass is 274 g/mol. The number of benzene rings is 1. The Labute approximate surface area is 112 Å². The van der Waals surface area contributed by atoms with E-state index in [1.807, 2.05) is 23.9 Å². The van der Waals surface area contributed by atoms with E-state index in [2.05, 4.69) is 6.07 Å². The largest absolute Gasteiger partial charge is 0.124 e. The van der Waals surface area contributed by atoms with E-state index in [4.69, 9.17) is 23.2 Å². The molecule has 1 aromatic carbocycles. The standard InChI is InChI=1S/C13H16Cl2S/c14-11-7-4-8-12(13(11)15)16-9-10-5-2-1-3-6-10/h4,7-8,10H,1-3,5-6,9H2. The lowest BCUT2D eigenvalue weighted by Crippen LogP contribution is -2.08. The van der Waals surface area contributed by atoms with Crippen molar-refractivity contribution in [2.75, 3.05) is 5.75 Å². The molecule has 0 bridgehead atoms. The lowest BCUT2D eigenvalue weighted by molar-refractivity contribution is 0.391. The summed E-state index contributed by atoms with van der Waals surface area (Å²) in [4.78, 5) is 1.12. The normalized spacial score (nSPS) is 17.6. The van der Waals surface area contributed by atoms with E-state index in [1.165, 1.54) is 37.9 Å². The number of hydrogen-bond acceptors (Lipinski definition) is 1. The molecule has 0 amide bonds. The fourth-order valence-electron chi connectivity index (χ4n) is 2.16. The quantitative estimate of drug-likeness (QED) is 0.641. The third-order valence-electron chi connectivity index (χ3n) is 3.12. The van der Waals surface area contributed by atoms with Gasteiger partial charge in [-0.2, -0.15) is 0 Å². The fourth-order valence-corrected chi connectivity index (χ4v) is 3.84. The number of rotatable bonds is 3. The van der Waals surface area contributed by atoms with Crippen molar-refractivity contribution in [1.82, 2.24) is 0 Å². The Morgan fingerprint density at radius 1 is 1.12 bits per heavy atom. The predicted molar refractivity (Wildman–Crippen MR) is 73.8 cm³/mol. The molecule has 1 aromatic rings. The van der Waals surface area contributed by atoms with Gasteiger partial charge in [-0.15, -0.1) is 11.8 Å². The summed E-state index contributed by atoms with van der Waals surface area (Å²) in [7, 11) is 0. The van der Waals surface area contributed by atoms with Gasteiger partial charge >= 0.3 is 0 Å². The van der Waals surface area contributed by atoms with Gasteiger partial charge in [0.05, 0.1) is 10.0 Å². The molecule has 0 aromatic heterocycles. The van der Waals surface area contributed by atoms with Gasteiger partial charge in [0, 0.05) is 10.6 Å². The molecule has 88 valence electrons. The molecule has 0 saturated heterocycles. The molecule has 1 aliphatic rings. The van der Waals surface area contributed by atoms with Crippen LogP contribution >= 0.6 is 35.0 Å². The Hall–Kier alpha value is 0.150. The van der Waals surface area contributed by atoms with Crippen LogP contribution < -0.4 is 0 Å². The first-order valence-corrected chi connectivity index (χ1v) is 7.58. The van der Waals surface area contributed by atoms with Crippen molar-refractivity contribution in [2.45, 2.75) is 37.0 Å². The molecule has 0 spiro atoms. The van der Waals surface area contributed by atoms with Gasteiger partial charge in [0.1, 0.15) is 0 Å². The molecule has 1 saturated carbocycles. The van der Waals surface area contributed by atoms with Gasteiger partial charge in [0.2, 0.25) is 0 Å². The molecular formula is C13H16Cl2S. The van der Waals surface area contributed by atoms with Crippen LogP contribution in [0.5, 0.6) is 0 Å². The minimum absolute atomic E-state index is 0.662. The molecule has 0 N–H and O–H groups in total. The molecule has 16 heavy (non-hydrogen) atoms.